The molecule has 1 aromatic rings. The van der Waals surface area contributed by atoms with Crippen molar-refractivity contribution in [3.63, 3.8) is 0 Å². The second kappa shape index (κ2) is 6.26. The molecule has 0 radical (unpaired) electrons. The Hall–Kier alpha value is -1.38. The molecule has 0 saturated carbocycles. The number of hydrogen-bond donors (Lipinski definition) is 1. The lowest BCUT2D eigenvalue weighted by Crippen LogP contribution is -2.33. The number of halogens is 1. The van der Waals surface area contributed by atoms with Gasteiger partial charge in [-0.1, -0.05) is 25.5 Å². The largest absolute Gasteiger partial charge is 0.353 e. The second-order valence-corrected chi connectivity index (χ2v) is 4.06. The predicted octanol–water partition coefficient (Wildman–Crippen LogP) is 2.67. The SMILES string of the molecule is CCC[C@@H](C)NC(=O)Cc1cccc(F)c1. The van der Waals surface area contributed by atoms with E-state index in [-0.39, 0.29) is 24.2 Å². The van der Waals surface area contributed by atoms with Crippen LogP contribution in [0.4, 0.5) is 4.39 Å². The van der Waals surface area contributed by atoms with E-state index in [9.17, 15) is 9.18 Å². The molecule has 2 nitrogen and oxygen atoms in total. The zero-order chi connectivity index (χ0) is 12.0. The Balaban J connectivity index is 2.45. The minimum Gasteiger partial charge on any atom is -0.353 e. The van der Waals surface area contributed by atoms with Gasteiger partial charge in [0, 0.05) is 6.04 Å². The van der Waals surface area contributed by atoms with Gasteiger partial charge in [0.1, 0.15) is 5.82 Å². The molecule has 1 atom stereocenters. The van der Waals surface area contributed by atoms with Gasteiger partial charge in [0.15, 0.2) is 0 Å². The van der Waals surface area contributed by atoms with Gasteiger partial charge >= 0.3 is 0 Å². The molecule has 1 rings (SSSR count). The van der Waals surface area contributed by atoms with Crippen molar-refractivity contribution in [2.24, 2.45) is 0 Å². The fourth-order valence-corrected chi connectivity index (χ4v) is 1.66. The summed E-state index contributed by atoms with van der Waals surface area (Å²) >= 11 is 0. The van der Waals surface area contributed by atoms with Gasteiger partial charge in [-0.05, 0) is 31.0 Å². The van der Waals surface area contributed by atoms with E-state index in [2.05, 4.69) is 12.2 Å². The molecule has 3 heteroatoms. The van der Waals surface area contributed by atoms with Crippen LogP contribution in [0, 0.1) is 5.82 Å². The first-order valence-corrected chi connectivity index (χ1v) is 5.65. The van der Waals surface area contributed by atoms with Crippen molar-refractivity contribution in [2.45, 2.75) is 39.2 Å². The Kier molecular flexibility index (Phi) is 4.96. The van der Waals surface area contributed by atoms with Crippen LogP contribution in [-0.2, 0) is 11.2 Å². The van der Waals surface area contributed by atoms with Crippen LogP contribution in [0.5, 0.6) is 0 Å². The lowest BCUT2D eigenvalue weighted by Gasteiger charge is -2.12. The zero-order valence-corrected chi connectivity index (χ0v) is 9.79. The third-order valence-electron chi connectivity index (χ3n) is 2.38. The lowest BCUT2D eigenvalue weighted by molar-refractivity contribution is -0.121. The van der Waals surface area contributed by atoms with E-state index >= 15 is 0 Å². The molecule has 88 valence electrons. The summed E-state index contributed by atoms with van der Waals surface area (Å²) in [7, 11) is 0. The van der Waals surface area contributed by atoms with Crippen molar-refractivity contribution in [2.75, 3.05) is 0 Å². The molecule has 0 fully saturated rings. The summed E-state index contributed by atoms with van der Waals surface area (Å²) in [6.07, 6.45) is 2.25. The van der Waals surface area contributed by atoms with E-state index in [0.717, 1.165) is 12.8 Å². The summed E-state index contributed by atoms with van der Waals surface area (Å²) in [5.41, 5.74) is 0.709. The monoisotopic (exact) mass is 223 g/mol. The van der Waals surface area contributed by atoms with E-state index in [1.165, 1.54) is 12.1 Å². The summed E-state index contributed by atoms with van der Waals surface area (Å²) < 4.78 is 12.9. The van der Waals surface area contributed by atoms with Gasteiger partial charge in [-0.2, -0.15) is 0 Å². The molecule has 0 aliphatic rings. The zero-order valence-electron chi connectivity index (χ0n) is 9.79. The second-order valence-electron chi connectivity index (χ2n) is 4.06. The number of amides is 1. The quantitative estimate of drug-likeness (QED) is 0.817. The summed E-state index contributed by atoms with van der Waals surface area (Å²) in [6, 6.07) is 6.33. The highest BCUT2D eigenvalue weighted by Crippen LogP contribution is 2.04. The number of hydrogen-bond acceptors (Lipinski definition) is 1. The standard InChI is InChI=1S/C13H18FNO/c1-3-5-10(2)15-13(16)9-11-6-4-7-12(14)8-11/h4,6-8,10H,3,5,9H2,1-2H3,(H,15,16)/t10-/m1/s1. The normalized spacial score (nSPS) is 12.2. The number of nitrogens with one attached hydrogen (secondary N) is 1. The average Bonchev–Trinajstić information content (AvgIpc) is 2.17. The summed E-state index contributed by atoms with van der Waals surface area (Å²) in [5, 5.41) is 2.89. The van der Waals surface area contributed by atoms with Crippen LogP contribution in [0.2, 0.25) is 0 Å². The average molecular weight is 223 g/mol. The maximum Gasteiger partial charge on any atom is 0.224 e. The predicted molar refractivity (Wildman–Crippen MR) is 62.6 cm³/mol. The van der Waals surface area contributed by atoms with E-state index in [0.29, 0.717) is 5.56 Å². The molecule has 1 N–H and O–H groups in total. The Morgan fingerprint density at radius 3 is 2.88 bits per heavy atom. The molecule has 0 heterocycles. The number of carbonyl (C=O) groups excluding carboxylic acids is 1. The van der Waals surface area contributed by atoms with Crippen LogP contribution in [0.25, 0.3) is 0 Å². The summed E-state index contributed by atoms with van der Waals surface area (Å²) in [6.45, 7) is 4.06. The van der Waals surface area contributed by atoms with E-state index in [4.69, 9.17) is 0 Å². The molecule has 0 aliphatic carbocycles. The Labute approximate surface area is 95.9 Å². The molecule has 16 heavy (non-hydrogen) atoms. The Bertz CT molecular complexity index is 352. The number of carbonyl (C=O) groups is 1. The number of rotatable bonds is 5. The highest BCUT2D eigenvalue weighted by Gasteiger charge is 2.07. The van der Waals surface area contributed by atoms with Crippen molar-refractivity contribution in [3.05, 3.63) is 35.6 Å². The van der Waals surface area contributed by atoms with E-state index in [1.807, 2.05) is 6.92 Å². The van der Waals surface area contributed by atoms with Crippen molar-refractivity contribution in [3.8, 4) is 0 Å². The third kappa shape index (κ3) is 4.43. The summed E-state index contributed by atoms with van der Waals surface area (Å²) in [5.74, 6) is -0.349. The van der Waals surface area contributed by atoms with Crippen molar-refractivity contribution in [1.29, 1.82) is 0 Å². The molecule has 0 bridgehead atoms. The maximum absolute atomic E-state index is 12.9. The molecule has 0 saturated heterocycles. The van der Waals surface area contributed by atoms with Crippen LogP contribution in [-0.4, -0.2) is 11.9 Å². The fourth-order valence-electron chi connectivity index (χ4n) is 1.66. The van der Waals surface area contributed by atoms with E-state index < -0.39 is 0 Å². The molecule has 0 aliphatic heterocycles. The smallest absolute Gasteiger partial charge is 0.224 e. The first-order chi connectivity index (χ1) is 7.61. The summed E-state index contributed by atoms with van der Waals surface area (Å²) in [4.78, 5) is 11.6. The highest BCUT2D eigenvalue weighted by molar-refractivity contribution is 5.78. The van der Waals surface area contributed by atoms with Crippen molar-refractivity contribution >= 4 is 5.91 Å². The lowest BCUT2D eigenvalue weighted by atomic mass is 10.1. The highest BCUT2D eigenvalue weighted by atomic mass is 19.1. The molecule has 0 aromatic heterocycles. The molecule has 0 spiro atoms. The Morgan fingerprint density at radius 2 is 2.25 bits per heavy atom. The van der Waals surface area contributed by atoms with Gasteiger partial charge in [-0.3, -0.25) is 4.79 Å². The third-order valence-corrected chi connectivity index (χ3v) is 2.38. The van der Waals surface area contributed by atoms with Crippen molar-refractivity contribution < 1.29 is 9.18 Å². The minimum atomic E-state index is -0.299. The van der Waals surface area contributed by atoms with Gasteiger partial charge < -0.3 is 5.32 Å². The van der Waals surface area contributed by atoms with Crippen LogP contribution in [0.15, 0.2) is 24.3 Å². The first-order valence-electron chi connectivity index (χ1n) is 5.65. The molecular formula is C13H18FNO. The van der Waals surface area contributed by atoms with Gasteiger partial charge in [0.2, 0.25) is 5.91 Å². The van der Waals surface area contributed by atoms with Gasteiger partial charge in [0.05, 0.1) is 6.42 Å². The molecular weight excluding hydrogens is 205 g/mol. The molecule has 0 unspecified atom stereocenters. The van der Waals surface area contributed by atoms with Crippen LogP contribution in [0.1, 0.15) is 32.3 Å². The van der Waals surface area contributed by atoms with Gasteiger partial charge in [-0.15, -0.1) is 0 Å². The van der Waals surface area contributed by atoms with Crippen LogP contribution < -0.4 is 5.32 Å². The van der Waals surface area contributed by atoms with Gasteiger partial charge in [-0.25, -0.2) is 4.39 Å². The Morgan fingerprint density at radius 1 is 1.50 bits per heavy atom. The van der Waals surface area contributed by atoms with Gasteiger partial charge in [0.25, 0.3) is 0 Å². The molecule has 1 aromatic carbocycles. The molecule has 1 amide bonds. The topological polar surface area (TPSA) is 29.1 Å². The van der Waals surface area contributed by atoms with Crippen LogP contribution >= 0.6 is 0 Å². The van der Waals surface area contributed by atoms with Crippen LogP contribution in [0.3, 0.4) is 0 Å². The fraction of sp³-hybridized carbons (Fsp3) is 0.462. The minimum absolute atomic E-state index is 0.0495. The van der Waals surface area contributed by atoms with E-state index in [1.54, 1.807) is 12.1 Å². The maximum atomic E-state index is 12.9. The first kappa shape index (κ1) is 12.7. The number of benzene rings is 1. The van der Waals surface area contributed by atoms with Crippen molar-refractivity contribution in [1.82, 2.24) is 5.32 Å².